The lowest BCUT2D eigenvalue weighted by Gasteiger charge is -2.15. The highest BCUT2D eigenvalue weighted by Crippen LogP contribution is 2.36. The molecule has 3 aliphatic rings. The Bertz CT molecular complexity index is 2610. The summed E-state index contributed by atoms with van der Waals surface area (Å²) in [5.74, 6) is -0.567. The standard InChI is InChI=1S/C43H25N3O8/c1-44-38(47)34-19-9-24(21-36(34)39(44)48)25-10-20-35-37(22-25)43(52)46(42(35)51)27-13-17-29(18-14-27)54-31-6-4-5-30(23-31)53-28-15-11-26(12-16-28)45-40(49)32-7-2-3-8-33(32)41(45)50/h2-23H,1H3. The molecule has 3 aliphatic heterocycles. The van der Waals surface area contributed by atoms with Crippen LogP contribution in [0, 0.1) is 0 Å². The van der Waals surface area contributed by atoms with E-state index in [0.29, 0.717) is 67.8 Å². The Hall–Kier alpha value is -7.66. The van der Waals surface area contributed by atoms with E-state index in [9.17, 15) is 28.8 Å². The first-order chi connectivity index (χ1) is 26.2. The van der Waals surface area contributed by atoms with E-state index < -0.39 is 17.7 Å². The Balaban J connectivity index is 0.872. The summed E-state index contributed by atoms with van der Waals surface area (Å²) in [4.78, 5) is 80.8. The number of rotatable bonds is 7. The Morgan fingerprint density at radius 3 is 1.22 bits per heavy atom. The summed E-state index contributed by atoms with van der Waals surface area (Å²) >= 11 is 0. The molecule has 260 valence electrons. The van der Waals surface area contributed by atoms with Crippen molar-refractivity contribution in [3.8, 4) is 34.1 Å². The van der Waals surface area contributed by atoms with Crippen LogP contribution in [0.5, 0.6) is 23.0 Å². The van der Waals surface area contributed by atoms with Crippen LogP contribution >= 0.6 is 0 Å². The Kier molecular flexibility index (Phi) is 7.31. The maximum Gasteiger partial charge on any atom is 0.266 e. The Labute approximate surface area is 307 Å². The van der Waals surface area contributed by atoms with E-state index in [0.717, 1.165) is 14.7 Å². The molecule has 3 heterocycles. The van der Waals surface area contributed by atoms with E-state index in [1.54, 1.807) is 133 Å². The monoisotopic (exact) mass is 711 g/mol. The molecule has 6 aromatic carbocycles. The smallest absolute Gasteiger partial charge is 0.266 e. The SMILES string of the molecule is CN1C(=O)c2ccc(-c3ccc4c(c3)C(=O)N(c3ccc(Oc5cccc(Oc6ccc(N7C(=O)c8ccccc8C7=O)cc6)c5)cc3)C4=O)cc2C1=O. The number of hydrogen-bond donors (Lipinski definition) is 0. The summed E-state index contributed by atoms with van der Waals surface area (Å²) in [7, 11) is 1.43. The van der Waals surface area contributed by atoms with Gasteiger partial charge < -0.3 is 9.47 Å². The van der Waals surface area contributed by atoms with Gasteiger partial charge in [-0.05, 0) is 108 Å². The van der Waals surface area contributed by atoms with Crippen molar-refractivity contribution in [3.05, 3.63) is 167 Å². The minimum absolute atomic E-state index is 0.230. The molecular formula is C43H25N3O8. The van der Waals surface area contributed by atoms with Crippen LogP contribution in [0.25, 0.3) is 11.1 Å². The number of imide groups is 3. The number of hydrogen-bond acceptors (Lipinski definition) is 8. The van der Waals surface area contributed by atoms with Gasteiger partial charge in [0.15, 0.2) is 0 Å². The predicted octanol–water partition coefficient (Wildman–Crippen LogP) is 7.77. The molecule has 0 spiro atoms. The summed E-state index contributed by atoms with van der Waals surface area (Å²) < 4.78 is 12.1. The average molecular weight is 712 g/mol. The summed E-state index contributed by atoms with van der Waals surface area (Å²) in [6.45, 7) is 0. The summed E-state index contributed by atoms with van der Waals surface area (Å²) in [5.41, 5.74) is 3.90. The molecule has 0 atom stereocenters. The highest BCUT2D eigenvalue weighted by Gasteiger charge is 2.38. The van der Waals surface area contributed by atoms with Crippen LogP contribution in [-0.2, 0) is 0 Å². The molecule has 0 radical (unpaired) electrons. The van der Waals surface area contributed by atoms with Gasteiger partial charge in [0.05, 0.1) is 44.8 Å². The highest BCUT2D eigenvalue weighted by molar-refractivity contribution is 6.35. The second-order valence-corrected chi connectivity index (χ2v) is 12.8. The van der Waals surface area contributed by atoms with Gasteiger partial charge in [-0.25, -0.2) is 9.80 Å². The van der Waals surface area contributed by atoms with Gasteiger partial charge >= 0.3 is 0 Å². The summed E-state index contributed by atoms with van der Waals surface area (Å²) in [5, 5.41) is 0. The number of anilines is 2. The zero-order chi connectivity index (χ0) is 37.2. The fourth-order valence-electron chi connectivity index (χ4n) is 6.82. The lowest BCUT2D eigenvalue weighted by molar-refractivity contribution is 0.0691. The first kappa shape index (κ1) is 32.3. The molecule has 0 N–H and O–H groups in total. The van der Waals surface area contributed by atoms with Crippen LogP contribution in [-0.4, -0.2) is 47.4 Å². The van der Waals surface area contributed by atoms with Gasteiger partial charge in [0, 0.05) is 13.1 Å². The molecule has 0 aliphatic carbocycles. The number of benzene rings is 6. The van der Waals surface area contributed by atoms with Crippen molar-refractivity contribution in [2.75, 3.05) is 16.8 Å². The molecule has 54 heavy (non-hydrogen) atoms. The number of ether oxygens (including phenoxy) is 2. The molecule has 6 amide bonds. The molecule has 0 saturated carbocycles. The van der Waals surface area contributed by atoms with Gasteiger partial charge in [-0.2, -0.15) is 0 Å². The maximum atomic E-state index is 13.6. The minimum atomic E-state index is -0.487. The van der Waals surface area contributed by atoms with Crippen molar-refractivity contribution in [2.24, 2.45) is 0 Å². The van der Waals surface area contributed by atoms with E-state index in [4.69, 9.17) is 9.47 Å². The van der Waals surface area contributed by atoms with Crippen molar-refractivity contribution in [1.82, 2.24) is 4.90 Å². The molecule has 0 bridgehead atoms. The largest absolute Gasteiger partial charge is 0.457 e. The third kappa shape index (κ3) is 5.14. The topological polar surface area (TPSA) is 131 Å². The van der Waals surface area contributed by atoms with Crippen molar-refractivity contribution >= 4 is 46.8 Å². The number of nitrogens with zero attached hydrogens (tertiary/aromatic N) is 3. The molecule has 0 aromatic heterocycles. The third-order valence-electron chi connectivity index (χ3n) is 9.57. The van der Waals surface area contributed by atoms with Crippen LogP contribution in [0.4, 0.5) is 11.4 Å². The number of fused-ring (bicyclic) bond motifs is 3. The van der Waals surface area contributed by atoms with E-state index in [1.807, 2.05) is 0 Å². The van der Waals surface area contributed by atoms with E-state index >= 15 is 0 Å². The van der Waals surface area contributed by atoms with Crippen molar-refractivity contribution < 1.29 is 38.2 Å². The average Bonchev–Trinajstić information content (AvgIpc) is 3.69. The molecule has 11 nitrogen and oxygen atoms in total. The number of carbonyl (C=O) groups excluding carboxylic acids is 6. The van der Waals surface area contributed by atoms with Crippen molar-refractivity contribution in [3.63, 3.8) is 0 Å². The molecule has 0 fully saturated rings. The van der Waals surface area contributed by atoms with Gasteiger partial charge in [0.1, 0.15) is 23.0 Å². The van der Waals surface area contributed by atoms with E-state index in [1.165, 1.54) is 7.05 Å². The molecule has 9 rings (SSSR count). The van der Waals surface area contributed by atoms with E-state index in [-0.39, 0.29) is 28.8 Å². The van der Waals surface area contributed by atoms with Crippen molar-refractivity contribution in [2.45, 2.75) is 0 Å². The van der Waals surface area contributed by atoms with Gasteiger partial charge in [0.25, 0.3) is 35.4 Å². The highest BCUT2D eigenvalue weighted by atomic mass is 16.5. The molecule has 6 aromatic rings. The number of carbonyl (C=O) groups is 6. The minimum Gasteiger partial charge on any atom is -0.457 e. The first-order valence-electron chi connectivity index (χ1n) is 16.8. The molecule has 0 unspecified atom stereocenters. The van der Waals surface area contributed by atoms with Crippen LogP contribution in [0.3, 0.4) is 0 Å². The zero-order valence-electron chi connectivity index (χ0n) is 28.3. The predicted molar refractivity (Wildman–Crippen MR) is 196 cm³/mol. The van der Waals surface area contributed by atoms with Crippen LogP contribution < -0.4 is 19.3 Å². The fourth-order valence-corrected chi connectivity index (χ4v) is 6.82. The van der Waals surface area contributed by atoms with Gasteiger partial charge in [-0.15, -0.1) is 0 Å². The second-order valence-electron chi connectivity index (χ2n) is 12.8. The zero-order valence-corrected chi connectivity index (χ0v) is 28.3. The Morgan fingerprint density at radius 2 is 0.741 bits per heavy atom. The van der Waals surface area contributed by atoms with E-state index in [2.05, 4.69) is 0 Å². The van der Waals surface area contributed by atoms with Gasteiger partial charge in [0.2, 0.25) is 0 Å². The Morgan fingerprint density at radius 1 is 0.352 bits per heavy atom. The second kappa shape index (κ2) is 12.2. The van der Waals surface area contributed by atoms with Crippen LogP contribution in [0.1, 0.15) is 62.1 Å². The third-order valence-corrected chi connectivity index (χ3v) is 9.57. The normalized spacial score (nSPS) is 14.5. The van der Waals surface area contributed by atoms with Gasteiger partial charge in [-0.1, -0.05) is 30.3 Å². The quantitative estimate of drug-likeness (QED) is 0.154. The van der Waals surface area contributed by atoms with Crippen LogP contribution in [0.15, 0.2) is 133 Å². The van der Waals surface area contributed by atoms with Crippen molar-refractivity contribution in [1.29, 1.82) is 0 Å². The summed E-state index contributed by atoms with van der Waals surface area (Å²) in [6.07, 6.45) is 0. The number of amides is 6. The van der Waals surface area contributed by atoms with Gasteiger partial charge in [-0.3, -0.25) is 33.7 Å². The van der Waals surface area contributed by atoms with Crippen LogP contribution in [0.2, 0.25) is 0 Å². The fraction of sp³-hybridized carbons (Fsp3) is 0.0233. The lowest BCUT2D eigenvalue weighted by atomic mass is 9.97. The molecule has 11 heteroatoms. The first-order valence-corrected chi connectivity index (χ1v) is 16.8. The molecular weight excluding hydrogens is 686 g/mol. The maximum absolute atomic E-state index is 13.6. The summed E-state index contributed by atoms with van der Waals surface area (Å²) in [6, 6.07) is 36.7. The molecule has 0 saturated heterocycles. The lowest BCUT2D eigenvalue weighted by Crippen LogP contribution is -2.29.